The molecule has 210 valence electrons. The van der Waals surface area contributed by atoms with E-state index in [-0.39, 0.29) is 17.7 Å². The molecule has 8 heteroatoms. The van der Waals surface area contributed by atoms with E-state index in [1.807, 2.05) is 64.4 Å². The Morgan fingerprint density at radius 2 is 1.65 bits per heavy atom. The zero-order valence-electron chi connectivity index (χ0n) is 23.3. The van der Waals surface area contributed by atoms with E-state index >= 15 is 0 Å². The molecule has 3 aromatic rings. The van der Waals surface area contributed by atoms with Crippen LogP contribution in [0.4, 0.5) is 0 Å². The number of benzene rings is 2. The van der Waals surface area contributed by atoms with Crippen LogP contribution in [0.15, 0.2) is 54.6 Å². The van der Waals surface area contributed by atoms with Gasteiger partial charge in [-0.15, -0.1) is 0 Å². The lowest BCUT2D eigenvalue weighted by Gasteiger charge is -2.43. The largest absolute Gasteiger partial charge is 0.497 e. The molecular weight excluding hydrogens is 504 g/mol. The number of ether oxygens (including phenoxy) is 2. The molecule has 3 saturated heterocycles. The van der Waals surface area contributed by atoms with Crippen LogP contribution in [0.5, 0.6) is 5.75 Å². The summed E-state index contributed by atoms with van der Waals surface area (Å²) in [5.41, 5.74) is 3.25. The van der Waals surface area contributed by atoms with E-state index in [1.165, 1.54) is 0 Å². The van der Waals surface area contributed by atoms with Crippen molar-refractivity contribution in [2.24, 2.45) is 5.92 Å². The van der Waals surface area contributed by atoms with Gasteiger partial charge in [-0.3, -0.25) is 14.5 Å². The van der Waals surface area contributed by atoms with Crippen LogP contribution in [-0.2, 0) is 9.53 Å². The highest BCUT2D eigenvalue weighted by molar-refractivity contribution is 6.07. The molecule has 2 aromatic carbocycles. The predicted molar refractivity (Wildman–Crippen MR) is 154 cm³/mol. The van der Waals surface area contributed by atoms with Gasteiger partial charge in [0.15, 0.2) is 0 Å². The number of morpholine rings is 1. The van der Waals surface area contributed by atoms with Gasteiger partial charge in [0.05, 0.1) is 43.0 Å². The van der Waals surface area contributed by atoms with Crippen LogP contribution in [0, 0.1) is 5.92 Å². The molecule has 0 spiro atoms. The number of hydrogen-bond donors (Lipinski definition) is 0. The van der Waals surface area contributed by atoms with E-state index < -0.39 is 0 Å². The third kappa shape index (κ3) is 5.56. The van der Waals surface area contributed by atoms with Crippen molar-refractivity contribution in [3.8, 4) is 17.0 Å². The molecule has 3 aliphatic heterocycles. The van der Waals surface area contributed by atoms with E-state index in [4.69, 9.17) is 14.5 Å². The molecule has 40 heavy (non-hydrogen) atoms. The second-order valence-corrected chi connectivity index (χ2v) is 11.1. The van der Waals surface area contributed by atoms with Crippen molar-refractivity contribution in [1.29, 1.82) is 0 Å². The molecule has 2 amide bonds. The summed E-state index contributed by atoms with van der Waals surface area (Å²) in [6.07, 6.45) is 3.88. The first-order chi connectivity index (χ1) is 19.6. The van der Waals surface area contributed by atoms with Crippen LogP contribution < -0.4 is 4.74 Å². The average Bonchev–Trinajstić information content (AvgIpc) is 3.04. The third-order valence-corrected chi connectivity index (χ3v) is 8.73. The monoisotopic (exact) mass is 542 g/mol. The molecule has 0 radical (unpaired) electrons. The van der Waals surface area contributed by atoms with Gasteiger partial charge in [0, 0.05) is 49.7 Å². The van der Waals surface area contributed by atoms with Gasteiger partial charge < -0.3 is 19.3 Å². The van der Waals surface area contributed by atoms with Crippen LogP contribution in [0.25, 0.3) is 22.2 Å². The Kier molecular flexibility index (Phi) is 7.98. The van der Waals surface area contributed by atoms with Crippen molar-refractivity contribution in [2.45, 2.75) is 31.7 Å². The molecule has 0 saturated carbocycles. The van der Waals surface area contributed by atoms with Crippen LogP contribution >= 0.6 is 0 Å². The lowest BCUT2D eigenvalue weighted by molar-refractivity contribution is -0.141. The minimum Gasteiger partial charge on any atom is -0.497 e. The summed E-state index contributed by atoms with van der Waals surface area (Å²) in [7, 11) is 1.65. The molecule has 3 fully saturated rings. The second kappa shape index (κ2) is 11.9. The fourth-order valence-electron chi connectivity index (χ4n) is 6.45. The van der Waals surface area contributed by atoms with Crippen molar-refractivity contribution in [2.75, 3.05) is 59.6 Å². The number of piperidine rings is 2. The van der Waals surface area contributed by atoms with Crippen molar-refractivity contribution in [3.05, 3.63) is 60.2 Å². The van der Waals surface area contributed by atoms with E-state index in [9.17, 15) is 9.59 Å². The van der Waals surface area contributed by atoms with Crippen molar-refractivity contribution < 1.29 is 19.1 Å². The van der Waals surface area contributed by atoms with Gasteiger partial charge in [0.1, 0.15) is 5.75 Å². The molecule has 1 aromatic heterocycles. The summed E-state index contributed by atoms with van der Waals surface area (Å²) in [5.74, 6) is 1.21. The molecule has 1 atom stereocenters. The summed E-state index contributed by atoms with van der Waals surface area (Å²) in [4.78, 5) is 38.4. The number of rotatable bonds is 5. The van der Waals surface area contributed by atoms with Gasteiger partial charge in [-0.25, -0.2) is 4.98 Å². The summed E-state index contributed by atoms with van der Waals surface area (Å²) in [5, 5.41) is 0.882. The molecule has 8 nitrogen and oxygen atoms in total. The maximum Gasteiger partial charge on any atom is 0.254 e. The normalized spacial score (nSPS) is 21.0. The second-order valence-electron chi connectivity index (χ2n) is 11.1. The van der Waals surface area contributed by atoms with Gasteiger partial charge in [-0.1, -0.05) is 18.2 Å². The number of likely N-dealkylation sites (tertiary alicyclic amines) is 2. The zero-order chi connectivity index (χ0) is 27.5. The Morgan fingerprint density at radius 1 is 0.900 bits per heavy atom. The number of carbonyl (C=O) groups is 2. The van der Waals surface area contributed by atoms with E-state index in [1.54, 1.807) is 7.11 Å². The molecule has 0 unspecified atom stereocenters. The Balaban J connectivity index is 1.14. The fraction of sp³-hybridized carbons (Fsp3) is 0.469. The van der Waals surface area contributed by atoms with Crippen LogP contribution in [0.3, 0.4) is 0 Å². The number of fused-ring (bicyclic) bond motifs is 1. The minimum atomic E-state index is 0.0610. The number of hydrogen-bond acceptors (Lipinski definition) is 6. The number of carbonyl (C=O) groups excluding carboxylic acids is 2. The zero-order valence-corrected chi connectivity index (χ0v) is 23.3. The Bertz CT molecular complexity index is 1350. The number of pyridine rings is 1. The topological polar surface area (TPSA) is 75.2 Å². The molecule has 0 N–H and O–H groups in total. The first-order valence-corrected chi connectivity index (χ1v) is 14.5. The van der Waals surface area contributed by atoms with Gasteiger partial charge >= 0.3 is 0 Å². The van der Waals surface area contributed by atoms with Gasteiger partial charge in [-0.2, -0.15) is 0 Å². The van der Waals surface area contributed by atoms with Gasteiger partial charge in [0.25, 0.3) is 5.91 Å². The Morgan fingerprint density at radius 3 is 2.40 bits per heavy atom. The minimum absolute atomic E-state index is 0.0610. The number of nitrogens with zero attached hydrogens (tertiary/aromatic N) is 4. The van der Waals surface area contributed by atoms with Gasteiger partial charge in [-0.05, 0) is 68.6 Å². The summed E-state index contributed by atoms with van der Waals surface area (Å²) < 4.78 is 10.7. The van der Waals surface area contributed by atoms with Crippen molar-refractivity contribution >= 4 is 22.7 Å². The van der Waals surface area contributed by atoms with Crippen LogP contribution in [0.2, 0.25) is 0 Å². The highest BCUT2D eigenvalue weighted by Crippen LogP contribution is 2.30. The summed E-state index contributed by atoms with van der Waals surface area (Å²) in [6.45, 7) is 6.00. The first kappa shape index (κ1) is 26.7. The number of para-hydroxylation sites is 1. The van der Waals surface area contributed by atoms with E-state index in [2.05, 4.69) is 4.90 Å². The Labute approximate surface area is 235 Å². The molecule has 4 heterocycles. The smallest absolute Gasteiger partial charge is 0.254 e. The van der Waals surface area contributed by atoms with Crippen LogP contribution in [0.1, 0.15) is 36.0 Å². The summed E-state index contributed by atoms with van der Waals surface area (Å²) in [6, 6.07) is 18.0. The standard InChI is InChI=1S/C32H38N4O4/c1-39-26-10-8-23(9-11-26)30-21-28(27-6-2-3-7-29(27)33-30)32(38)34-15-12-25(13-16-34)36-14-4-5-24(22-36)31(37)35-17-19-40-20-18-35/h2-3,6-11,21,24-25H,4-5,12-20,22H2,1H3/t24-/m1/s1. The number of aromatic nitrogens is 1. The fourth-order valence-corrected chi connectivity index (χ4v) is 6.45. The number of methoxy groups -OCH3 is 1. The van der Waals surface area contributed by atoms with Crippen molar-refractivity contribution in [3.63, 3.8) is 0 Å². The maximum absolute atomic E-state index is 13.9. The highest BCUT2D eigenvalue weighted by Gasteiger charge is 2.35. The molecule has 3 aliphatic rings. The summed E-state index contributed by atoms with van der Waals surface area (Å²) >= 11 is 0. The maximum atomic E-state index is 13.9. The predicted octanol–water partition coefficient (Wildman–Crippen LogP) is 4.09. The van der Waals surface area contributed by atoms with Crippen molar-refractivity contribution in [1.82, 2.24) is 19.7 Å². The molecular formula is C32H38N4O4. The van der Waals surface area contributed by atoms with E-state index in [0.29, 0.717) is 37.9 Å². The quantitative estimate of drug-likeness (QED) is 0.484. The Hall–Kier alpha value is -3.49. The first-order valence-electron chi connectivity index (χ1n) is 14.5. The molecule has 6 rings (SSSR count). The third-order valence-electron chi connectivity index (χ3n) is 8.73. The SMILES string of the molecule is COc1ccc(-c2cc(C(=O)N3CCC(N4CCC[C@@H](C(=O)N5CCOCC5)C4)CC3)c3ccccc3n2)cc1. The van der Waals surface area contributed by atoms with Crippen LogP contribution in [-0.4, -0.2) is 97.1 Å². The number of amides is 2. The van der Waals surface area contributed by atoms with Gasteiger partial charge in [0.2, 0.25) is 5.91 Å². The highest BCUT2D eigenvalue weighted by atomic mass is 16.5. The molecule has 0 aliphatic carbocycles. The molecule has 0 bridgehead atoms. The lowest BCUT2D eigenvalue weighted by Crippen LogP contribution is -2.53. The lowest BCUT2D eigenvalue weighted by atomic mass is 9.92. The average molecular weight is 543 g/mol. The van der Waals surface area contributed by atoms with E-state index in [0.717, 1.165) is 79.8 Å².